The summed E-state index contributed by atoms with van der Waals surface area (Å²) in [6.45, 7) is 2.08. The van der Waals surface area contributed by atoms with Crippen LogP contribution in [0.25, 0.3) is 0 Å². The maximum Gasteiger partial charge on any atom is 0.123 e. The molecule has 0 aromatic carbocycles. The lowest BCUT2D eigenvalue weighted by molar-refractivity contribution is 0.294. The van der Waals surface area contributed by atoms with E-state index in [1.54, 1.807) is 12.4 Å². The lowest BCUT2D eigenvalue weighted by Crippen LogP contribution is -2.24. The molecule has 2 heterocycles. The standard InChI is InChI=1S/C11H13N3/c12-9-11(14-7-1-2-8-14)10-3-5-13-6-4-10/h3-6,11H,1-2,7-8H2. The molecular formula is C11H13N3. The van der Waals surface area contributed by atoms with E-state index in [0.29, 0.717) is 0 Å². The fourth-order valence-electron chi connectivity index (χ4n) is 1.91. The number of aromatic nitrogens is 1. The fraction of sp³-hybridized carbons (Fsp3) is 0.455. The number of pyridine rings is 1. The molecule has 1 atom stereocenters. The van der Waals surface area contributed by atoms with Crippen LogP contribution in [0.1, 0.15) is 24.4 Å². The van der Waals surface area contributed by atoms with Crippen LogP contribution in [0, 0.1) is 11.3 Å². The van der Waals surface area contributed by atoms with E-state index < -0.39 is 0 Å². The Kier molecular flexibility index (Phi) is 2.76. The molecule has 0 aliphatic carbocycles. The monoisotopic (exact) mass is 187 g/mol. The van der Waals surface area contributed by atoms with Gasteiger partial charge in [-0.25, -0.2) is 0 Å². The van der Waals surface area contributed by atoms with Gasteiger partial charge in [-0.3, -0.25) is 9.88 Å². The average molecular weight is 187 g/mol. The van der Waals surface area contributed by atoms with Gasteiger partial charge in [-0.15, -0.1) is 0 Å². The second-order valence-electron chi connectivity index (χ2n) is 3.56. The van der Waals surface area contributed by atoms with Crippen molar-refractivity contribution < 1.29 is 0 Å². The van der Waals surface area contributed by atoms with Crippen molar-refractivity contribution in [3.05, 3.63) is 30.1 Å². The van der Waals surface area contributed by atoms with E-state index in [1.165, 1.54) is 12.8 Å². The van der Waals surface area contributed by atoms with Crippen molar-refractivity contribution >= 4 is 0 Å². The molecule has 1 aromatic rings. The Morgan fingerprint density at radius 2 is 1.93 bits per heavy atom. The quantitative estimate of drug-likeness (QED) is 0.708. The molecule has 1 aromatic heterocycles. The highest BCUT2D eigenvalue weighted by Gasteiger charge is 2.22. The Labute approximate surface area is 84.0 Å². The van der Waals surface area contributed by atoms with Gasteiger partial charge in [-0.05, 0) is 43.6 Å². The zero-order chi connectivity index (χ0) is 9.80. The molecule has 72 valence electrons. The Morgan fingerprint density at radius 1 is 1.29 bits per heavy atom. The van der Waals surface area contributed by atoms with Crippen LogP contribution in [0.15, 0.2) is 24.5 Å². The molecule has 2 rings (SSSR count). The van der Waals surface area contributed by atoms with Crippen molar-refractivity contribution in [1.82, 2.24) is 9.88 Å². The maximum atomic E-state index is 9.13. The van der Waals surface area contributed by atoms with E-state index in [2.05, 4.69) is 16.0 Å². The summed E-state index contributed by atoms with van der Waals surface area (Å²) in [7, 11) is 0. The molecule has 14 heavy (non-hydrogen) atoms. The fourth-order valence-corrected chi connectivity index (χ4v) is 1.91. The molecule has 0 amide bonds. The summed E-state index contributed by atoms with van der Waals surface area (Å²) < 4.78 is 0. The van der Waals surface area contributed by atoms with E-state index in [0.717, 1.165) is 18.7 Å². The van der Waals surface area contributed by atoms with Crippen LogP contribution in [0.3, 0.4) is 0 Å². The van der Waals surface area contributed by atoms with Gasteiger partial charge in [0.1, 0.15) is 6.04 Å². The third-order valence-electron chi connectivity index (χ3n) is 2.65. The molecule has 1 fully saturated rings. The van der Waals surface area contributed by atoms with Crippen LogP contribution in [0.4, 0.5) is 0 Å². The second kappa shape index (κ2) is 4.21. The Morgan fingerprint density at radius 3 is 2.50 bits per heavy atom. The van der Waals surface area contributed by atoms with E-state index in [4.69, 9.17) is 5.26 Å². The molecule has 0 radical (unpaired) electrons. The maximum absolute atomic E-state index is 9.13. The van der Waals surface area contributed by atoms with Crippen LogP contribution in [-0.2, 0) is 0 Å². The van der Waals surface area contributed by atoms with Gasteiger partial charge >= 0.3 is 0 Å². The largest absolute Gasteiger partial charge is 0.284 e. The summed E-state index contributed by atoms with van der Waals surface area (Å²) >= 11 is 0. The topological polar surface area (TPSA) is 39.9 Å². The van der Waals surface area contributed by atoms with Gasteiger partial charge in [-0.1, -0.05) is 0 Å². The van der Waals surface area contributed by atoms with Gasteiger partial charge < -0.3 is 0 Å². The number of hydrogen-bond donors (Lipinski definition) is 0. The molecule has 0 saturated carbocycles. The summed E-state index contributed by atoms with van der Waals surface area (Å²) in [6.07, 6.45) is 5.91. The molecule has 1 aliphatic heterocycles. The van der Waals surface area contributed by atoms with Crippen molar-refractivity contribution in [1.29, 1.82) is 5.26 Å². The lowest BCUT2D eigenvalue weighted by atomic mass is 10.1. The summed E-state index contributed by atoms with van der Waals surface area (Å²) in [5.41, 5.74) is 1.06. The van der Waals surface area contributed by atoms with E-state index in [1.807, 2.05) is 12.1 Å². The van der Waals surface area contributed by atoms with E-state index in [-0.39, 0.29) is 6.04 Å². The second-order valence-corrected chi connectivity index (χ2v) is 3.56. The average Bonchev–Trinajstić information content (AvgIpc) is 2.74. The van der Waals surface area contributed by atoms with Gasteiger partial charge in [0.2, 0.25) is 0 Å². The molecule has 3 nitrogen and oxygen atoms in total. The minimum atomic E-state index is -0.0829. The molecule has 3 heteroatoms. The highest BCUT2D eigenvalue weighted by molar-refractivity contribution is 5.21. The van der Waals surface area contributed by atoms with Crippen LogP contribution in [-0.4, -0.2) is 23.0 Å². The number of hydrogen-bond acceptors (Lipinski definition) is 3. The predicted octanol–water partition coefficient (Wildman–Crippen LogP) is 1.74. The van der Waals surface area contributed by atoms with Gasteiger partial charge in [0.15, 0.2) is 0 Å². The molecular weight excluding hydrogens is 174 g/mol. The van der Waals surface area contributed by atoms with Crippen LogP contribution in [0.2, 0.25) is 0 Å². The Hall–Kier alpha value is -1.40. The van der Waals surface area contributed by atoms with Gasteiger partial charge in [0.05, 0.1) is 6.07 Å². The third kappa shape index (κ3) is 1.75. The normalized spacial score (nSPS) is 19.1. The Bertz CT molecular complexity index is 322. The van der Waals surface area contributed by atoms with Crippen LogP contribution in [0.5, 0.6) is 0 Å². The van der Waals surface area contributed by atoms with Crippen molar-refractivity contribution in [2.75, 3.05) is 13.1 Å². The highest BCUT2D eigenvalue weighted by Crippen LogP contribution is 2.23. The molecule has 1 saturated heterocycles. The third-order valence-corrected chi connectivity index (χ3v) is 2.65. The molecule has 0 bridgehead atoms. The van der Waals surface area contributed by atoms with Crippen molar-refractivity contribution in [3.8, 4) is 6.07 Å². The van der Waals surface area contributed by atoms with Crippen molar-refractivity contribution in [2.24, 2.45) is 0 Å². The first-order chi connectivity index (χ1) is 6.92. The van der Waals surface area contributed by atoms with Crippen molar-refractivity contribution in [2.45, 2.75) is 18.9 Å². The number of rotatable bonds is 2. The predicted molar refractivity (Wildman–Crippen MR) is 53.4 cm³/mol. The zero-order valence-corrected chi connectivity index (χ0v) is 8.06. The number of nitrogens with zero attached hydrogens (tertiary/aromatic N) is 3. The van der Waals surface area contributed by atoms with E-state index in [9.17, 15) is 0 Å². The Balaban J connectivity index is 2.18. The first-order valence-electron chi connectivity index (χ1n) is 4.95. The first-order valence-corrected chi connectivity index (χ1v) is 4.95. The van der Waals surface area contributed by atoms with Gasteiger partial charge in [-0.2, -0.15) is 5.26 Å². The highest BCUT2D eigenvalue weighted by atomic mass is 15.2. The summed E-state index contributed by atoms with van der Waals surface area (Å²) in [5, 5.41) is 9.13. The summed E-state index contributed by atoms with van der Waals surface area (Å²) in [4.78, 5) is 6.19. The minimum absolute atomic E-state index is 0.0829. The number of nitriles is 1. The van der Waals surface area contributed by atoms with E-state index >= 15 is 0 Å². The van der Waals surface area contributed by atoms with Crippen molar-refractivity contribution in [3.63, 3.8) is 0 Å². The summed E-state index contributed by atoms with van der Waals surface area (Å²) in [6, 6.07) is 6.12. The molecule has 1 aliphatic rings. The summed E-state index contributed by atoms with van der Waals surface area (Å²) in [5.74, 6) is 0. The molecule has 1 unspecified atom stereocenters. The smallest absolute Gasteiger partial charge is 0.123 e. The number of likely N-dealkylation sites (tertiary alicyclic amines) is 1. The van der Waals surface area contributed by atoms with Gasteiger partial charge in [0, 0.05) is 12.4 Å². The van der Waals surface area contributed by atoms with Crippen LogP contribution >= 0.6 is 0 Å². The zero-order valence-electron chi connectivity index (χ0n) is 8.06. The van der Waals surface area contributed by atoms with Crippen LogP contribution < -0.4 is 0 Å². The van der Waals surface area contributed by atoms with Gasteiger partial charge in [0.25, 0.3) is 0 Å². The first kappa shape index (κ1) is 9.17. The lowest BCUT2D eigenvalue weighted by Gasteiger charge is -2.20. The SMILES string of the molecule is N#CC(c1ccncc1)N1CCCC1. The molecule has 0 N–H and O–H groups in total. The molecule has 0 spiro atoms. The minimum Gasteiger partial charge on any atom is -0.284 e.